The molecule has 8 nitrogen and oxygen atoms in total. The Bertz CT molecular complexity index is 856. The largest absolute Gasteiger partial charge is 0.497 e. The van der Waals surface area contributed by atoms with Crippen molar-refractivity contribution in [2.24, 2.45) is 5.92 Å². The molecule has 0 spiro atoms. The summed E-state index contributed by atoms with van der Waals surface area (Å²) in [5.74, 6) is 0.714. The fourth-order valence-electron chi connectivity index (χ4n) is 4.02. The molecule has 1 unspecified atom stereocenters. The first kappa shape index (κ1) is 19.3. The van der Waals surface area contributed by atoms with Crippen LogP contribution in [0.15, 0.2) is 35.5 Å². The van der Waals surface area contributed by atoms with Crippen LogP contribution >= 0.6 is 0 Å². The van der Waals surface area contributed by atoms with Crippen molar-refractivity contribution in [1.29, 1.82) is 0 Å². The number of methoxy groups -OCH3 is 1. The van der Waals surface area contributed by atoms with Crippen LogP contribution in [-0.4, -0.2) is 61.1 Å². The van der Waals surface area contributed by atoms with Gasteiger partial charge in [0.15, 0.2) is 0 Å². The molecule has 0 saturated carbocycles. The zero-order valence-corrected chi connectivity index (χ0v) is 16.6. The van der Waals surface area contributed by atoms with E-state index in [1.165, 1.54) is 4.90 Å². The standard InChI is InChI=1S/C21H25N3O5/c1-13-7-9-23(10-8-13)17(25)11-24-16-12-29-20(26)18(16)19(22-21(24)27)14-3-5-15(28-2)6-4-14/h3-6,13,19H,7-12H2,1-2H3,(H,22,27). The van der Waals surface area contributed by atoms with Crippen molar-refractivity contribution in [3.63, 3.8) is 0 Å². The number of likely N-dealkylation sites (tertiary alicyclic amines) is 1. The number of urea groups is 1. The molecule has 29 heavy (non-hydrogen) atoms. The average molecular weight is 399 g/mol. The molecule has 0 bridgehead atoms. The molecule has 0 radical (unpaired) electrons. The van der Waals surface area contributed by atoms with E-state index in [2.05, 4.69) is 12.2 Å². The molecule has 1 fully saturated rings. The quantitative estimate of drug-likeness (QED) is 0.781. The Morgan fingerprint density at radius 2 is 1.90 bits per heavy atom. The van der Waals surface area contributed by atoms with Crippen LogP contribution in [0.2, 0.25) is 0 Å². The molecule has 3 amide bonds. The lowest BCUT2D eigenvalue weighted by Crippen LogP contribution is -2.51. The van der Waals surface area contributed by atoms with E-state index in [1.807, 2.05) is 0 Å². The number of benzene rings is 1. The minimum atomic E-state index is -0.611. The minimum absolute atomic E-state index is 0.00143. The summed E-state index contributed by atoms with van der Waals surface area (Å²) < 4.78 is 10.4. The smallest absolute Gasteiger partial charge is 0.338 e. The third kappa shape index (κ3) is 3.66. The number of carbonyl (C=O) groups excluding carboxylic acids is 3. The summed E-state index contributed by atoms with van der Waals surface area (Å²) in [7, 11) is 1.57. The summed E-state index contributed by atoms with van der Waals surface area (Å²) in [6.45, 7) is 3.48. The highest BCUT2D eigenvalue weighted by Crippen LogP contribution is 2.35. The Morgan fingerprint density at radius 1 is 1.21 bits per heavy atom. The van der Waals surface area contributed by atoms with Crippen LogP contribution in [0.4, 0.5) is 4.79 Å². The Labute approximate surface area is 169 Å². The molecule has 1 saturated heterocycles. The van der Waals surface area contributed by atoms with Crippen molar-refractivity contribution in [3.8, 4) is 5.75 Å². The molecule has 1 aromatic carbocycles. The van der Waals surface area contributed by atoms with E-state index in [0.29, 0.717) is 36.0 Å². The van der Waals surface area contributed by atoms with Crippen LogP contribution in [0.5, 0.6) is 5.75 Å². The molecular formula is C21H25N3O5. The van der Waals surface area contributed by atoms with Crippen LogP contribution in [-0.2, 0) is 14.3 Å². The normalized spacial score (nSPS) is 22.3. The monoisotopic (exact) mass is 399 g/mol. The van der Waals surface area contributed by atoms with Crippen molar-refractivity contribution in [1.82, 2.24) is 15.1 Å². The van der Waals surface area contributed by atoms with Gasteiger partial charge in [0.05, 0.1) is 24.4 Å². The highest BCUT2D eigenvalue weighted by atomic mass is 16.5. The highest BCUT2D eigenvalue weighted by Gasteiger charge is 2.43. The SMILES string of the molecule is COc1ccc(C2NC(=O)N(CC(=O)N3CCC(C)CC3)C3=C2C(=O)OC3)cc1. The molecule has 3 aliphatic heterocycles. The molecule has 154 valence electrons. The predicted octanol–water partition coefficient (Wildman–Crippen LogP) is 1.83. The van der Waals surface area contributed by atoms with Gasteiger partial charge < -0.3 is 19.7 Å². The Hall–Kier alpha value is -3.03. The fraction of sp³-hybridized carbons (Fsp3) is 0.476. The first-order valence-electron chi connectivity index (χ1n) is 9.88. The van der Waals surface area contributed by atoms with Gasteiger partial charge in [-0.05, 0) is 36.5 Å². The topological polar surface area (TPSA) is 88.2 Å². The molecule has 1 aromatic rings. The number of nitrogens with zero attached hydrogens (tertiary/aromatic N) is 2. The molecule has 3 aliphatic rings. The van der Waals surface area contributed by atoms with Crippen molar-refractivity contribution in [2.75, 3.05) is 33.4 Å². The predicted molar refractivity (Wildman–Crippen MR) is 104 cm³/mol. The molecule has 4 rings (SSSR count). The number of hydrogen-bond donors (Lipinski definition) is 1. The van der Waals surface area contributed by atoms with Gasteiger partial charge in [-0.3, -0.25) is 9.69 Å². The summed E-state index contributed by atoms with van der Waals surface area (Å²) in [5.41, 5.74) is 1.61. The van der Waals surface area contributed by atoms with Gasteiger partial charge in [0.25, 0.3) is 0 Å². The maximum absolute atomic E-state index is 12.8. The van der Waals surface area contributed by atoms with Crippen molar-refractivity contribution in [3.05, 3.63) is 41.1 Å². The summed E-state index contributed by atoms with van der Waals surface area (Å²) >= 11 is 0. The lowest BCUT2D eigenvalue weighted by atomic mass is 9.95. The average Bonchev–Trinajstić information content (AvgIpc) is 3.12. The Morgan fingerprint density at radius 3 is 2.55 bits per heavy atom. The summed E-state index contributed by atoms with van der Waals surface area (Å²) in [5, 5.41) is 2.85. The van der Waals surface area contributed by atoms with E-state index < -0.39 is 18.0 Å². The zero-order valence-electron chi connectivity index (χ0n) is 16.6. The molecule has 0 aromatic heterocycles. The number of nitrogens with one attached hydrogen (secondary N) is 1. The number of esters is 1. The first-order valence-corrected chi connectivity index (χ1v) is 9.88. The molecule has 0 aliphatic carbocycles. The fourth-order valence-corrected chi connectivity index (χ4v) is 4.02. The summed E-state index contributed by atoms with van der Waals surface area (Å²) in [4.78, 5) is 41.1. The van der Waals surface area contributed by atoms with Crippen LogP contribution in [0, 0.1) is 5.92 Å². The number of hydrogen-bond acceptors (Lipinski definition) is 5. The van der Waals surface area contributed by atoms with Crippen LogP contribution in [0.25, 0.3) is 0 Å². The van der Waals surface area contributed by atoms with Crippen molar-refractivity contribution < 1.29 is 23.9 Å². The van der Waals surface area contributed by atoms with E-state index >= 15 is 0 Å². The summed E-state index contributed by atoms with van der Waals surface area (Å²) in [6, 6.07) is 6.14. The molecule has 8 heteroatoms. The van der Waals surface area contributed by atoms with Crippen LogP contribution in [0.1, 0.15) is 31.4 Å². The molecule has 1 N–H and O–H groups in total. The third-order valence-electron chi connectivity index (χ3n) is 5.88. The van der Waals surface area contributed by atoms with Gasteiger partial charge in [0, 0.05) is 13.1 Å². The second kappa shape index (κ2) is 7.77. The highest BCUT2D eigenvalue weighted by molar-refractivity contribution is 5.98. The van der Waals surface area contributed by atoms with Crippen molar-refractivity contribution in [2.45, 2.75) is 25.8 Å². The molecule has 1 atom stereocenters. The van der Waals surface area contributed by atoms with Crippen molar-refractivity contribution >= 4 is 17.9 Å². The van der Waals surface area contributed by atoms with E-state index in [0.717, 1.165) is 18.4 Å². The number of rotatable bonds is 4. The van der Waals surface area contributed by atoms with E-state index in [4.69, 9.17) is 9.47 Å². The number of carbonyl (C=O) groups is 3. The first-order chi connectivity index (χ1) is 14.0. The molecule has 3 heterocycles. The van der Waals surface area contributed by atoms with Crippen LogP contribution in [0.3, 0.4) is 0 Å². The Kier molecular flexibility index (Phi) is 5.17. The third-order valence-corrected chi connectivity index (χ3v) is 5.88. The number of piperidine rings is 1. The van der Waals surface area contributed by atoms with Gasteiger partial charge in [-0.1, -0.05) is 19.1 Å². The van der Waals surface area contributed by atoms with E-state index in [-0.39, 0.29) is 19.1 Å². The maximum atomic E-state index is 12.8. The lowest BCUT2D eigenvalue weighted by Gasteiger charge is -2.35. The minimum Gasteiger partial charge on any atom is -0.497 e. The van der Waals surface area contributed by atoms with Gasteiger partial charge in [-0.25, -0.2) is 9.59 Å². The van der Waals surface area contributed by atoms with Gasteiger partial charge >= 0.3 is 12.0 Å². The van der Waals surface area contributed by atoms with Gasteiger partial charge in [-0.15, -0.1) is 0 Å². The lowest BCUT2D eigenvalue weighted by molar-refractivity contribution is -0.136. The van der Waals surface area contributed by atoms with Gasteiger partial charge in [0.2, 0.25) is 5.91 Å². The Balaban J connectivity index is 1.57. The number of cyclic esters (lactones) is 1. The molecular weight excluding hydrogens is 374 g/mol. The zero-order chi connectivity index (χ0) is 20.5. The van der Waals surface area contributed by atoms with Gasteiger partial charge in [-0.2, -0.15) is 0 Å². The second-order valence-corrected chi connectivity index (χ2v) is 7.74. The number of amides is 3. The van der Waals surface area contributed by atoms with Gasteiger partial charge in [0.1, 0.15) is 18.9 Å². The van der Waals surface area contributed by atoms with Crippen LogP contribution < -0.4 is 10.1 Å². The second-order valence-electron chi connectivity index (χ2n) is 7.74. The summed E-state index contributed by atoms with van der Waals surface area (Å²) in [6.07, 6.45) is 1.93. The van der Waals surface area contributed by atoms with E-state index in [9.17, 15) is 14.4 Å². The number of ether oxygens (including phenoxy) is 2. The van der Waals surface area contributed by atoms with E-state index in [1.54, 1.807) is 36.3 Å². The maximum Gasteiger partial charge on any atom is 0.338 e.